The Kier molecular flexibility index (Phi) is 4.60. The highest BCUT2D eigenvalue weighted by molar-refractivity contribution is 6.35. The van der Waals surface area contributed by atoms with Gasteiger partial charge in [0.1, 0.15) is 23.0 Å². The van der Waals surface area contributed by atoms with Crippen molar-refractivity contribution >= 4 is 23.2 Å². The van der Waals surface area contributed by atoms with E-state index in [4.69, 9.17) is 17.3 Å². The van der Waals surface area contributed by atoms with E-state index >= 15 is 0 Å². The second kappa shape index (κ2) is 6.20. The average Bonchev–Trinajstić information content (AvgIpc) is 2.41. The van der Waals surface area contributed by atoms with Crippen LogP contribution in [-0.2, 0) is 0 Å². The molecule has 0 bridgehead atoms. The number of piperidine rings is 1. The monoisotopic (exact) mass is 269 g/mol. The van der Waals surface area contributed by atoms with Gasteiger partial charge < -0.3 is 16.0 Å². The zero-order chi connectivity index (χ0) is 13.0. The maximum absolute atomic E-state index is 6.04. The molecule has 0 atom stereocenters. The van der Waals surface area contributed by atoms with Crippen molar-refractivity contribution in [1.29, 1.82) is 0 Å². The summed E-state index contributed by atoms with van der Waals surface area (Å²) in [5.74, 6) is 1.65. The van der Waals surface area contributed by atoms with E-state index in [0.717, 1.165) is 13.1 Å². The normalized spacial score (nSPS) is 17.9. The number of likely N-dealkylation sites (tertiary alicyclic amines) is 1. The van der Waals surface area contributed by atoms with Crippen molar-refractivity contribution in [1.82, 2.24) is 14.9 Å². The van der Waals surface area contributed by atoms with Crippen molar-refractivity contribution in [2.45, 2.75) is 19.8 Å². The van der Waals surface area contributed by atoms with E-state index in [0.29, 0.717) is 22.6 Å². The Bertz CT molecular complexity index is 390. The number of anilines is 2. The second-order valence-corrected chi connectivity index (χ2v) is 5.06. The summed E-state index contributed by atoms with van der Waals surface area (Å²) < 4.78 is 0. The first-order chi connectivity index (χ1) is 8.70. The van der Waals surface area contributed by atoms with Crippen molar-refractivity contribution in [3.8, 4) is 0 Å². The van der Waals surface area contributed by atoms with Gasteiger partial charge in [0.05, 0.1) is 0 Å². The minimum absolute atomic E-state index is 0.329. The van der Waals surface area contributed by atoms with Gasteiger partial charge in [-0.1, -0.05) is 18.5 Å². The summed E-state index contributed by atoms with van der Waals surface area (Å²) in [6, 6.07) is 0. The van der Waals surface area contributed by atoms with Gasteiger partial charge in [-0.2, -0.15) is 0 Å². The van der Waals surface area contributed by atoms with E-state index in [1.54, 1.807) is 0 Å². The summed E-state index contributed by atoms with van der Waals surface area (Å²) in [6.45, 7) is 6.62. The van der Waals surface area contributed by atoms with Crippen molar-refractivity contribution in [3.63, 3.8) is 0 Å². The Labute approximate surface area is 113 Å². The molecule has 0 aliphatic carbocycles. The Balaban J connectivity index is 1.83. The lowest BCUT2D eigenvalue weighted by molar-refractivity contribution is 0.198. The molecule has 0 radical (unpaired) electrons. The van der Waals surface area contributed by atoms with Crippen LogP contribution in [-0.4, -0.2) is 41.0 Å². The molecule has 0 amide bonds. The van der Waals surface area contributed by atoms with Crippen LogP contribution in [0.15, 0.2) is 6.33 Å². The van der Waals surface area contributed by atoms with Crippen LogP contribution >= 0.6 is 11.6 Å². The van der Waals surface area contributed by atoms with Crippen LogP contribution in [0.5, 0.6) is 0 Å². The Morgan fingerprint density at radius 2 is 2.17 bits per heavy atom. The van der Waals surface area contributed by atoms with Gasteiger partial charge in [0, 0.05) is 6.54 Å². The van der Waals surface area contributed by atoms with Gasteiger partial charge in [0.15, 0.2) is 0 Å². The number of nitrogens with zero attached hydrogens (tertiary/aromatic N) is 3. The minimum Gasteiger partial charge on any atom is -0.382 e. The van der Waals surface area contributed by atoms with E-state index in [1.807, 2.05) is 0 Å². The topological polar surface area (TPSA) is 67.1 Å². The Morgan fingerprint density at radius 1 is 1.44 bits per heavy atom. The molecule has 0 aromatic carbocycles. The summed E-state index contributed by atoms with van der Waals surface area (Å²) in [7, 11) is 0. The van der Waals surface area contributed by atoms with Crippen LogP contribution in [0.1, 0.15) is 19.8 Å². The third kappa shape index (κ3) is 3.23. The van der Waals surface area contributed by atoms with Crippen LogP contribution in [0.2, 0.25) is 5.02 Å². The highest BCUT2D eigenvalue weighted by atomic mass is 35.5. The maximum Gasteiger partial charge on any atom is 0.150 e. The number of rotatable bonds is 4. The number of halogens is 1. The second-order valence-electron chi connectivity index (χ2n) is 4.68. The zero-order valence-corrected chi connectivity index (χ0v) is 11.5. The maximum atomic E-state index is 6.04. The molecular weight excluding hydrogens is 250 g/mol. The van der Waals surface area contributed by atoms with E-state index < -0.39 is 0 Å². The molecule has 1 aliphatic heterocycles. The molecule has 1 saturated heterocycles. The standard InChI is InChI=1S/C12H20ClN5/c1-2-18-5-3-9(4-6-18)7-15-12-10(13)11(14)16-8-17-12/h8-9H,2-7H2,1H3,(H3,14,15,16,17). The number of nitrogens with two attached hydrogens (primary N) is 1. The highest BCUT2D eigenvalue weighted by Crippen LogP contribution is 2.24. The molecule has 3 N–H and O–H groups in total. The molecule has 2 heterocycles. The van der Waals surface area contributed by atoms with Crippen LogP contribution in [0.4, 0.5) is 11.6 Å². The van der Waals surface area contributed by atoms with Crippen molar-refractivity contribution < 1.29 is 0 Å². The molecule has 100 valence electrons. The van der Waals surface area contributed by atoms with E-state index in [2.05, 4.69) is 27.1 Å². The Morgan fingerprint density at radius 3 is 2.83 bits per heavy atom. The first kappa shape index (κ1) is 13.4. The zero-order valence-electron chi connectivity index (χ0n) is 10.7. The van der Waals surface area contributed by atoms with E-state index in [-0.39, 0.29) is 0 Å². The number of nitrogens with one attached hydrogen (secondary N) is 1. The summed E-state index contributed by atoms with van der Waals surface area (Å²) in [5, 5.41) is 3.69. The lowest BCUT2D eigenvalue weighted by Gasteiger charge is -2.31. The molecule has 1 aromatic heterocycles. The van der Waals surface area contributed by atoms with Crippen molar-refractivity contribution in [2.75, 3.05) is 37.2 Å². The van der Waals surface area contributed by atoms with E-state index in [9.17, 15) is 0 Å². The first-order valence-corrected chi connectivity index (χ1v) is 6.80. The number of aromatic nitrogens is 2. The fraction of sp³-hybridized carbons (Fsp3) is 0.667. The van der Waals surface area contributed by atoms with Gasteiger partial charge in [-0.3, -0.25) is 0 Å². The molecule has 0 unspecified atom stereocenters. The summed E-state index contributed by atoms with van der Waals surface area (Å²) in [6.07, 6.45) is 3.88. The average molecular weight is 270 g/mol. The SMILES string of the molecule is CCN1CCC(CNc2ncnc(N)c2Cl)CC1. The van der Waals surface area contributed by atoms with Crippen LogP contribution in [0.25, 0.3) is 0 Å². The fourth-order valence-corrected chi connectivity index (χ4v) is 2.42. The molecule has 18 heavy (non-hydrogen) atoms. The highest BCUT2D eigenvalue weighted by Gasteiger charge is 2.18. The van der Waals surface area contributed by atoms with Gasteiger partial charge in [0.2, 0.25) is 0 Å². The number of hydrogen-bond donors (Lipinski definition) is 2. The molecule has 0 saturated carbocycles. The smallest absolute Gasteiger partial charge is 0.150 e. The van der Waals surface area contributed by atoms with Gasteiger partial charge in [-0.25, -0.2) is 9.97 Å². The molecule has 2 rings (SSSR count). The quantitative estimate of drug-likeness (QED) is 0.873. The third-order valence-corrected chi connectivity index (χ3v) is 3.90. The number of hydrogen-bond acceptors (Lipinski definition) is 5. The van der Waals surface area contributed by atoms with Crippen LogP contribution in [0.3, 0.4) is 0 Å². The predicted octanol–water partition coefficient (Wildman–Crippen LogP) is 1.86. The molecule has 1 aliphatic rings. The lowest BCUT2D eigenvalue weighted by atomic mass is 9.97. The fourth-order valence-electron chi connectivity index (χ4n) is 2.25. The van der Waals surface area contributed by atoms with Crippen molar-refractivity contribution in [2.24, 2.45) is 5.92 Å². The molecule has 1 aromatic rings. The molecule has 6 heteroatoms. The Hall–Kier alpha value is -1.07. The summed E-state index contributed by atoms with van der Waals surface area (Å²) in [4.78, 5) is 10.4. The van der Waals surface area contributed by atoms with Crippen LogP contribution < -0.4 is 11.1 Å². The molecule has 0 spiro atoms. The van der Waals surface area contributed by atoms with Gasteiger partial charge in [0.25, 0.3) is 0 Å². The lowest BCUT2D eigenvalue weighted by Crippen LogP contribution is -2.35. The predicted molar refractivity (Wildman–Crippen MR) is 74.8 cm³/mol. The van der Waals surface area contributed by atoms with Gasteiger partial charge in [-0.05, 0) is 38.4 Å². The minimum atomic E-state index is 0.329. The summed E-state index contributed by atoms with van der Waals surface area (Å²) >= 11 is 6.04. The first-order valence-electron chi connectivity index (χ1n) is 6.43. The third-order valence-electron chi connectivity index (χ3n) is 3.53. The summed E-state index contributed by atoms with van der Waals surface area (Å²) in [5.41, 5.74) is 5.64. The molecular formula is C12H20ClN5. The largest absolute Gasteiger partial charge is 0.382 e. The number of nitrogen functional groups attached to an aromatic ring is 1. The molecule has 1 fully saturated rings. The van der Waals surface area contributed by atoms with Crippen molar-refractivity contribution in [3.05, 3.63) is 11.3 Å². The van der Waals surface area contributed by atoms with Gasteiger partial charge in [-0.15, -0.1) is 0 Å². The van der Waals surface area contributed by atoms with Crippen LogP contribution in [0, 0.1) is 5.92 Å². The van der Waals surface area contributed by atoms with E-state index in [1.165, 1.54) is 32.3 Å². The molecule has 5 nitrogen and oxygen atoms in total. The van der Waals surface area contributed by atoms with Gasteiger partial charge >= 0.3 is 0 Å².